The molecule has 0 spiro atoms. The molecular formula is C14H8Br2N2S3. The van der Waals surface area contributed by atoms with Gasteiger partial charge in [0.15, 0.2) is 0 Å². The van der Waals surface area contributed by atoms with Crippen LogP contribution in [0.25, 0.3) is 21.5 Å². The highest BCUT2D eigenvalue weighted by atomic mass is 79.9. The molecule has 0 saturated carbocycles. The highest BCUT2D eigenvalue weighted by molar-refractivity contribution is 9.14. The number of nitrogens with zero attached hydrogens (tertiary/aromatic N) is 2. The molecule has 21 heavy (non-hydrogen) atoms. The number of rotatable bonds is 2. The molecule has 1 aromatic carbocycles. The van der Waals surface area contributed by atoms with Crippen molar-refractivity contribution in [3.63, 3.8) is 0 Å². The minimum absolute atomic E-state index is 0.440. The third-order valence-electron chi connectivity index (χ3n) is 3.38. The summed E-state index contributed by atoms with van der Waals surface area (Å²) in [6, 6.07) is 8.60. The van der Waals surface area contributed by atoms with E-state index in [9.17, 15) is 0 Å². The molecule has 1 aliphatic heterocycles. The zero-order chi connectivity index (χ0) is 14.4. The average Bonchev–Trinajstić information content (AvgIpc) is 3.18. The van der Waals surface area contributed by atoms with Gasteiger partial charge in [-0.2, -0.15) is 8.75 Å². The molecule has 0 bridgehead atoms. The molecule has 2 aromatic heterocycles. The highest BCUT2D eigenvalue weighted by Gasteiger charge is 2.23. The summed E-state index contributed by atoms with van der Waals surface area (Å²) >= 11 is 12.0. The van der Waals surface area contributed by atoms with E-state index >= 15 is 0 Å². The van der Waals surface area contributed by atoms with E-state index in [-0.39, 0.29) is 0 Å². The second-order valence-corrected chi connectivity index (χ2v) is 10.2. The standard InChI is InChI=1S/C14H8Br2N2S3/c15-11-5-3-9(19-11)7-1-2-8(10-4-6-12(16)20-10)14-13(7)17-21-18-14/h1-3,5-6,10H,4H2. The van der Waals surface area contributed by atoms with E-state index in [1.165, 1.54) is 31.5 Å². The largest absolute Gasteiger partial charge is 0.173 e. The first-order valence-electron chi connectivity index (χ1n) is 6.25. The second-order valence-electron chi connectivity index (χ2n) is 4.62. The van der Waals surface area contributed by atoms with Gasteiger partial charge in [0.1, 0.15) is 11.0 Å². The van der Waals surface area contributed by atoms with Crippen molar-refractivity contribution < 1.29 is 0 Å². The van der Waals surface area contributed by atoms with Crippen molar-refractivity contribution in [3.05, 3.63) is 43.5 Å². The smallest absolute Gasteiger partial charge is 0.113 e. The predicted molar refractivity (Wildman–Crippen MR) is 100 cm³/mol. The molecule has 2 nitrogen and oxygen atoms in total. The Balaban J connectivity index is 1.84. The van der Waals surface area contributed by atoms with Gasteiger partial charge in [0, 0.05) is 19.5 Å². The van der Waals surface area contributed by atoms with Gasteiger partial charge in [0.25, 0.3) is 0 Å². The van der Waals surface area contributed by atoms with Crippen LogP contribution in [-0.2, 0) is 0 Å². The van der Waals surface area contributed by atoms with Gasteiger partial charge < -0.3 is 0 Å². The molecule has 4 rings (SSSR count). The Morgan fingerprint density at radius 3 is 2.62 bits per heavy atom. The van der Waals surface area contributed by atoms with Crippen LogP contribution in [0.1, 0.15) is 17.2 Å². The lowest BCUT2D eigenvalue weighted by atomic mass is 10.0. The molecule has 1 unspecified atom stereocenters. The van der Waals surface area contributed by atoms with Crippen LogP contribution in [0.3, 0.4) is 0 Å². The van der Waals surface area contributed by atoms with Crippen molar-refractivity contribution in [2.75, 3.05) is 0 Å². The molecule has 3 heterocycles. The number of thioether (sulfide) groups is 1. The van der Waals surface area contributed by atoms with Gasteiger partial charge in [0.05, 0.1) is 15.5 Å². The summed E-state index contributed by atoms with van der Waals surface area (Å²) in [4.78, 5) is 1.23. The predicted octanol–water partition coefficient (Wildman–Crippen LogP) is 6.60. The molecule has 0 saturated heterocycles. The van der Waals surface area contributed by atoms with E-state index in [0.717, 1.165) is 21.2 Å². The Morgan fingerprint density at radius 2 is 1.90 bits per heavy atom. The van der Waals surface area contributed by atoms with Gasteiger partial charge in [-0.25, -0.2) is 0 Å². The number of thiophene rings is 1. The second kappa shape index (κ2) is 5.77. The summed E-state index contributed by atoms with van der Waals surface area (Å²) in [5, 5.41) is 0.440. The van der Waals surface area contributed by atoms with E-state index in [4.69, 9.17) is 0 Å². The molecule has 0 amide bonds. The maximum absolute atomic E-state index is 4.55. The zero-order valence-electron chi connectivity index (χ0n) is 10.5. The first kappa shape index (κ1) is 14.4. The van der Waals surface area contributed by atoms with Crippen molar-refractivity contribution in [3.8, 4) is 10.4 Å². The van der Waals surface area contributed by atoms with Gasteiger partial charge in [0.2, 0.25) is 0 Å². The first-order valence-corrected chi connectivity index (χ1v) is 10.3. The third-order valence-corrected chi connectivity index (χ3v) is 7.57. The number of benzene rings is 1. The molecule has 3 aromatic rings. The molecule has 0 aliphatic carbocycles. The summed E-state index contributed by atoms with van der Waals surface area (Å²) in [5.41, 5.74) is 4.53. The molecule has 0 N–H and O–H groups in total. The molecule has 1 aliphatic rings. The number of aromatic nitrogens is 2. The molecule has 106 valence electrons. The van der Waals surface area contributed by atoms with Crippen molar-refractivity contribution >= 4 is 77.7 Å². The minimum atomic E-state index is 0.440. The molecule has 0 radical (unpaired) electrons. The van der Waals surface area contributed by atoms with Crippen LogP contribution in [0.2, 0.25) is 0 Å². The van der Waals surface area contributed by atoms with Gasteiger partial charge in [-0.1, -0.05) is 18.2 Å². The van der Waals surface area contributed by atoms with Gasteiger partial charge in [-0.3, -0.25) is 0 Å². The van der Waals surface area contributed by atoms with Crippen LogP contribution in [0.5, 0.6) is 0 Å². The Morgan fingerprint density at radius 1 is 1.05 bits per heavy atom. The topological polar surface area (TPSA) is 25.8 Å². The molecular weight excluding hydrogens is 452 g/mol. The minimum Gasteiger partial charge on any atom is -0.173 e. The molecule has 1 atom stereocenters. The quantitative estimate of drug-likeness (QED) is 0.431. The van der Waals surface area contributed by atoms with E-state index in [1.54, 1.807) is 11.3 Å². The van der Waals surface area contributed by atoms with Gasteiger partial charge >= 0.3 is 0 Å². The van der Waals surface area contributed by atoms with E-state index < -0.39 is 0 Å². The van der Waals surface area contributed by atoms with Gasteiger partial charge in [-0.15, -0.1) is 23.1 Å². The number of halogens is 2. The fraction of sp³-hybridized carbons (Fsp3) is 0.143. The number of hydrogen-bond donors (Lipinski definition) is 0. The Kier molecular flexibility index (Phi) is 3.95. The molecule has 7 heteroatoms. The van der Waals surface area contributed by atoms with E-state index in [2.05, 4.69) is 70.9 Å². The van der Waals surface area contributed by atoms with Crippen molar-refractivity contribution in [1.82, 2.24) is 8.75 Å². The van der Waals surface area contributed by atoms with Crippen LogP contribution in [0.4, 0.5) is 0 Å². The Bertz CT molecular complexity index is 853. The van der Waals surface area contributed by atoms with E-state index in [0.29, 0.717) is 5.25 Å². The number of fused-ring (bicyclic) bond motifs is 1. The van der Waals surface area contributed by atoms with Crippen LogP contribution in [-0.4, -0.2) is 8.75 Å². The van der Waals surface area contributed by atoms with Crippen LogP contribution < -0.4 is 0 Å². The lowest BCUT2D eigenvalue weighted by Gasteiger charge is -2.11. The summed E-state index contributed by atoms with van der Waals surface area (Å²) < 4.78 is 11.4. The summed E-state index contributed by atoms with van der Waals surface area (Å²) in [6.07, 6.45) is 3.27. The fourth-order valence-corrected chi connectivity index (χ4v) is 6.26. The third kappa shape index (κ3) is 2.63. The first-order chi connectivity index (χ1) is 10.2. The summed E-state index contributed by atoms with van der Waals surface area (Å²) in [6.45, 7) is 0. The van der Waals surface area contributed by atoms with Gasteiger partial charge in [-0.05, 0) is 56.0 Å². The number of hydrogen-bond acceptors (Lipinski definition) is 5. The fourth-order valence-electron chi connectivity index (χ4n) is 2.43. The summed E-state index contributed by atoms with van der Waals surface area (Å²) in [5.74, 6) is 0. The lowest BCUT2D eigenvalue weighted by molar-refractivity contribution is 0.999. The van der Waals surface area contributed by atoms with Crippen LogP contribution in [0, 0.1) is 0 Å². The maximum Gasteiger partial charge on any atom is 0.113 e. The van der Waals surface area contributed by atoms with E-state index in [1.807, 2.05) is 11.8 Å². The lowest BCUT2D eigenvalue weighted by Crippen LogP contribution is -1.92. The van der Waals surface area contributed by atoms with Crippen molar-refractivity contribution in [1.29, 1.82) is 0 Å². The average molecular weight is 460 g/mol. The maximum atomic E-state index is 4.55. The Hall–Kier alpha value is -0.210. The SMILES string of the molecule is BrC1=CCC(c2ccc(-c3ccc(Br)s3)c3nsnc23)S1. The normalized spacial score (nSPS) is 18.4. The monoisotopic (exact) mass is 458 g/mol. The zero-order valence-corrected chi connectivity index (χ0v) is 16.2. The van der Waals surface area contributed by atoms with Crippen LogP contribution >= 0.6 is 66.7 Å². The molecule has 0 fully saturated rings. The van der Waals surface area contributed by atoms with Crippen molar-refractivity contribution in [2.45, 2.75) is 11.7 Å². The van der Waals surface area contributed by atoms with Crippen LogP contribution in [0.15, 0.2) is 37.9 Å². The Labute approximate surface area is 151 Å². The highest BCUT2D eigenvalue weighted by Crippen LogP contribution is 2.48. The summed E-state index contributed by atoms with van der Waals surface area (Å²) in [7, 11) is 0. The number of allylic oxidation sites excluding steroid dienone is 1. The van der Waals surface area contributed by atoms with Crippen molar-refractivity contribution in [2.24, 2.45) is 0 Å².